The van der Waals surface area contributed by atoms with Gasteiger partial charge in [0.2, 0.25) is 0 Å². The maximum absolute atomic E-state index is 6.84. The van der Waals surface area contributed by atoms with Crippen molar-refractivity contribution in [2.75, 3.05) is 0 Å². The summed E-state index contributed by atoms with van der Waals surface area (Å²) >= 11 is 1.75. The number of hydrogen-bond donors (Lipinski definition) is 0. The van der Waals surface area contributed by atoms with E-state index < -0.39 is 0 Å². The minimum Gasteiger partial charge on any atom is -0.455 e. The van der Waals surface area contributed by atoms with Crippen molar-refractivity contribution in [1.82, 2.24) is 9.97 Å². The fraction of sp³-hybridized carbons (Fsp3) is 0. The van der Waals surface area contributed by atoms with Crippen LogP contribution in [-0.4, -0.2) is 9.97 Å². The van der Waals surface area contributed by atoms with Gasteiger partial charge in [-0.25, -0.2) is 9.97 Å². The molecule has 0 spiro atoms. The van der Waals surface area contributed by atoms with E-state index in [2.05, 4.69) is 170 Å². The topological polar surface area (TPSA) is 38.9 Å². The lowest BCUT2D eigenvalue weighted by Gasteiger charge is -2.10. The average molecular weight is 681 g/mol. The van der Waals surface area contributed by atoms with Gasteiger partial charge in [0.05, 0.1) is 15.9 Å². The fourth-order valence-electron chi connectivity index (χ4n) is 7.69. The molecular weight excluding hydrogens is 653 g/mol. The summed E-state index contributed by atoms with van der Waals surface area (Å²) in [5.41, 5.74) is 10.3. The van der Waals surface area contributed by atoms with Crippen LogP contribution in [0.3, 0.4) is 0 Å². The quantitative estimate of drug-likeness (QED) is 0.186. The number of thiophene rings is 1. The van der Waals surface area contributed by atoms with Crippen LogP contribution in [-0.2, 0) is 0 Å². The number of nitrogens with zero attached hydrogens (tertiary/aromatic N) is 2. The summed E-state index contributed by atoms with van der Waals surface area (Å²) in [6.07, 6.45) is 0. The molecule has 0 fully saturated rings. The van der Waals surface area contributed by atoms with Crippen LogP contribution >= 0.6 is 11.3 Å². The summed E-state index contributed by atoms with van der Waals surface area (Å²) < 4.78 is 9.13. The van der Waals surface area contributed by atoms with Crippen LogP contribution in [0.15, 0.2) is 174 Å². The van der Waals surface area contributed by atoms with Crippen molar-refractivity contribution in [3.05, 3.63) is 170 Å². The highest BCUT2D eigenvalue weighted by molar-refractivity contribution is 7.26. The van der Waals surface area contributed by atoms with E-state index in [1.54, 1.807) is 11.3 Å². The molecule has 242 valence electrons. The van der Waals surface area contributed by atoms with Gasteiger partial charge >= 0.3 is 0 Å². The third-order valence-corrected chi connectivity index (χ3v) is 11.4. The monoisotopic (exact) mass is 680 g/mol. The number of fused-ring (bicyclic) bond motifs is 9. The van der Waals surface area contributed by atoms with E-state index in [0.29, 0.717) is 5.82 Å². The summed E-state index contributed by atoms with van der Waals surface area (Å²) in [7, 11) is 0. The van der Waals surface area contributed by atoms with Gasteiger partial charge in [0.15, 0.2) is 5.82 Å². The van der Waals surface area contributed by atoms with E-state index in [1.807, 2.05) is 0 Å². The molecule has 0 aliphatic carbocycles. The first-order valence-corrected chi connectivity index (χ1v) is 18.3. The van der Waals surface area contributed by atoms with E-state index in [1.165, 1.54) is 26.6 Å². The molecule has 0 aliphatic rings. The average Bonchev–Trinajstić information content (AvgIpc) is 3.79. The highest BCUT2D eigenvalue weighted by Crippen LogP contribution is 2.44. The van der Waals surface area contributed by atoms with Crippen molar-refractivity contribution >= 4 is 75.1 Å². The van der Waals surface area contributed by atoms with E-state index in [0.717, 1.165) is 76.3 Å². The third kappa shape index (κ3) is 4.58. The number of aromatic nitrogens is 2. The molecule has 8 aromatic carbocycles. The van der Waals surface area contributed by atoms with Gasteiger partial charge in [0, 0.05) is 37.4 Å². The molecule has 3 heterocycles. The van der Waals surface area contributed by atoms with Gasteiger partial charge in [-0.05, 0) is 68.7 Å². The molecule has 11 rings (SSSR count). The molecule has 3 nitrogen and oxygen atoms in total. The summed E-state index contributed by atoms with van der Waals surface area (Å²) in [6, 6.07) is 60.2. The summed E-state index contributed by atoms with van der Waals surface area (Å²) in [5.74, 6) is 0.690. The second-order valence-corrected chi connectivity index (χ2v) is 14.4. The zero-order valence-corrected chi connectivity index (χ0v) is 28.7. The Kier molecular flexibility index (Phi) is 6.42. The largest absolute Gasteiger partial charge is 0.455 e. The summed E-state index contributed by atoms with van der Waals surface area (Å²) in [5, 5.41) is 7.83. The lowest BCUT2D eigenvalue weighted by Crippen LogP contribution is -1.94. The summed E-state index contributed by atoms with van der Waals surface area (Å²) in [6.45, 7) is 0. The SMILES string of the molecule is c1ccc(-c2ccc(-c3nc(-c4cc5ccccc5c5oc6cc(-c7ccc8ccccc8c7)ccc6c45)nc4c3sc3ccccc34)cc2)cc1. The molecule has 0 radical (unpaired) electrons. The van der Waals surface area contributed by atoms with Crippen molar-refractivity contribution in [2.24, 2.45) is 0 Å². The first-order chi connectivity index (χ1) is 25.7. The molecule has 0 atom stereocenters. The van der Waals surface area contributed by atoms with Crippen molar-refractivity contribution in [2.45, 2.75) is 0 Å². The summed E-state index contributed by atoms with van der Waals surface area (Å²) in [4.78, 5) is 10.8. The van der Waals surface area contributed by atoms with Crippen LogP contribution in [0.2, 0.25) is 0 Å². The zero-order valence-electron chi connectivity index (χ0n) is 27.9. The molecule has 0 amide bonds. The van der Waals surface area contributed by atoms with Gasteiger partial charge in [-0.2, -0.15) is 0 Å². The Morgan fingerprint density at radius 1 is 0.442 bits per heavy atom. The Hall–Kier alpha value is -6.62. The van der Waals surface area contributed by atoms with Gasteiger partial charge in [0.1, 0.15) is 11.2 Å². The van der Waals surface area contributed by atoms with E-state index in [4.69, 9.17) is 14.4 Å². The normalized spacial score (nSPS) is 11.8. The molecule has 0 saturated carbocycles. The zero-order chi connectivity index (χ0) is 34.2. The first-order valence-electron chi connectivity index (χ1n) is 17.5. The van der Waals surface area contributed by atoms with E-state index in [-0.39, 0.29) is 0 Å². The molecule has 4 heteroatoms. The van der Waals surface area contributed by atoms with E-state index in [9.17, 15) is 0 Å². The minimum atomic E-state index is 0.690. The maximum atomic E-state index is 6.84. The van der Waals surface area contributed by atoms with Crippen LogP contribution in [0, 0.1) is 0 Å². The van der Waals surface area contributed by atoms with Crippen LogP contribution in [0.1, 0.15) is 0 Å². The molecular formula is C48H28N2OS. The van der Waals surface area contributed by atoms with Crippen molar-refractivity contribution in [3.8, 4) is 44.9 Å². The number of furan rings is 1. The van der Waals surface area contributed by atoms with Gasteiger partial charge in [-0.3, -0.25) is 0 Å². The Morgan fingerprint density at radius 2 is 1.10 bits per heavy atom. The third-order valence-electron chi connectivity index (χ3n) is 10.3. The van der Waals surface area contributed by atoms with Gasteiger partial charge in [-0.1, -0.05) is 140 Å². The molecule has 0 unspecified atom stereocenters. The number of hydrogen-bond acceptors (Lipinski definition) is 4. The van der Waals surface area contributed by atoms with Gasteiger partial charge in [-0.15, -0.1) is 11.3 Å². The highest BCUT2D eigenvalue weighted by Gasteiger charge is 2.22. The van der Waals surface area contributed by atoms with Crippen molar-refractivity contribution in [3.63, 3.8) is 0 Å². The number of rotatable bonds is 4. The van der Waals surface area contributed by atoms with Crippen LogP contribution in [0.4, 0.5) is 0 Å². The number of benzene rings is 8. The molecule has 52 heavy (non-hydrogen) atoms. The van der Waals surface area contributed by atoms with Crippen LogP contribution in [0.25, 0.3) is 109 Å². The minimum absolute atomic E-state index is 0.690. The van der Waals surface area contributed by atoms with Gasteiger partial charge < -0.3 is 4.42 Å². The standard InChI is InChI=1S/C48H28N2OS/c1-2-10-29(11-3-1)31-18-21-32(22-19-31)44-47-45(39-16-8-9-17-42(39)52-47)50-48(49-44)40-27-36-14-6-7-15-37(36)46-43(40)38-25-24-35(28-41(38)51-46)34-23-20-30-12-4-5-13-33(30)26-34/h1-28H. The molecule has 11 aromatic rings. The maximum Gasteiger partial charge on any atom is 0.161 e. The predicted octanol–water partition coefficient (Wildman–Crippen LogP) is 13.7. The predicted molar refractivity (Wildman–Crippen MR) is 219 cm³/mol. The van der Waals surface area contributed by atoms with Crippen molar-refractivity contribution in [1.29, 1.82) is 0 Å². The Balaban J connectivity index is 1.16. The first kappa shape index (κ1) is 29.1. The second kappa shape index (κ2) is 11.5. The fourth-order valence-corrected chi connectivity index (χ4v) is 8.85. The van der Waals surface area contributed by atoms with Crippen molar-refractivity contribution < 1.29 is 4.42 Å². The highest BCUT2D eigenvalue weighted by atomic mass is 32.1. The van der Waals surface area contributed by atoms with Crippen LogP contribution < -0.4 is 0 Å². The molecule has 0 saturated heterocycles. The van der Waals surface area contributed by atoms with E-state index >= 15 is 0 Å². The molecule has 0 aliphatic heterocycles. The molecule has 0 bridgehead atoms. The lowest BCUT2D eigenvalue weighted by molar-refractivity contribution is 0.673. The van der Waals surface area contributed by atoms with Gasteiger partial charge in [0.25, 0.3) is 0 Å². The molecule has 3 aromatic heterocycles. The molecule has 0 N–H and O–H groups in total. The Morgan fingerprint density at radius 3 is 1.96 bits per heavy atom. The Labute approximate surface area is 303 Å². The Bertz CT molecular complexity index is 3180. The van der Waals surface area contributed by atoms with Crippen LogP contribution in [0.5, 0.6) is 0 Å². The second-order valence-electron chi connectivity index (χ2n) is 13.3. The lowest BCUT2D eigenvalue weighted by atomic mass is 9.97. The smallest absolute Gasteiger partial charge is 0.161 e.